The maximum Gasteiger partial charge on any atom is 0.231 e. The molecule has 272 valence electrons. The van der Waals surface area contributed by atoms with Gasteiger partial charge in [0.15, 0.2) is 0 Å². The maximum atomic E-state index is 10.3. The van der Waals surface area contributed by atoms with Gasteiger partial charge in [-0.3, -0.25) is 28.7 Å². The Hall–Kier alpha value is -2.86. The molecule has 0 aromatic rings. The van der Waals surface area contributed by atoms with E-state index >= 15 is 0 Å². The van der Waals surface area contributed by atoms with E-state index in [-0.39, 0.29) is 42.3 Å². The van der Waals surface area contributed by atoms with Gasteiger partial charge in [-0.05, 0) is 34.7 Å². The number of rotatable bonds is 7. The summed E-state index contributed by atoms with van der Waals surface area (Å²) in [5.74, 6) is -0.779. The number of sulfonamides is 3. The van der Waals surface area contributed by atoms with Gasteiger partial charge in [0.1, 0.15) is 27.2 Å². The molecule has 0 aromatic carbocycles. The zero-order chi connectivity index (χ0) is 38.4. The molecule has 3 amide bonds. The molecular formula is C22H51N5O14S4. The Morgan fingerprint density at radius 2 is 0.756 bits per heavy atom. The third kappa shape index (κ3) is 192. The number of Topliss-reactive ketones (excluding diaryl/α,β-unsaturated/α-hetero) is 3. The predicted molar refractivity (Wildman–Crippen MR) is 172 cm³/mol. The Labute approximate surface area is 268 Å². The number of nitrogens with one attached hydrogen (secondary N) is 5. The lowest BCUT2D eigenvalue weighted by Gasteiger charge is -1.95. The fraction of sp³-hybridized carbons (Fsp3) is 0.727. The quantitative estimate of drug-likeness (QED) is 0.175. The van der Waals surface area contributed by atoms with E-state index < -0.39 is 45.8 Å². The van der Waals surface area contributed by atoms with Gasteiger partial charge in [-0.15, -0.1) is 0 Å². The zero-order valence-corrected chi connectivity index (χ0v) is 31.5. The Morgan fingerprint density at radius 1 is 0.489 bits per heavy atom. The topological polar surface area (TPSA) is 299 Å². The molecule has 0 unspecified atom stereocenters. The highest BCUT2D eigenvalue weighted by molar-refractivity contribution is 7.90. The molecule has 0 rings (SSSR count). The first-order valence-electron chi connectivity index (χ1n) is 11.9. The minimum Gasteiger partial charge on any atom is -0.359 e. The number of amides is 3. The van der Waals surface area contributed by atoms with Crippen LogP contribution in [0.3, 0.4) is 0 Å². The van der Waals surface area contributed by atoms with Crippen LogP contribution in [0.25, 0.3) is 0 Å². The molecule has 23 heteroatoms. The Morgan fingerprint density at radius 3 is 0.800 bits per heavy atom. The summed E-state index contributed by atoms with van der Waals surface area (Å²) in [5.41, 5.74) is 0. The van der Waals surface area contributed by atoms with Gasteiger partial charge in [-0.25, -0.2) is 43.1 Å². The van der Waals surface area contributed by atoms with Crippen molar-refractivity contribution in [2.24, 2.45) is 0 Å². The lowest BCUT2D eigenvalue weighted by molar-refractivity contribution is -0.123. The Kier molecular flexibility index (Phi) is 40.0. The monoisotopic (exact) mass is 737 g/mol. The molecule has 0 aliphatic rings. The first kappa shape index (κ1) is 57.8. The van der Waals surface area contributed by atoms with E-state index in [1.807, 2.05) is 4.72 Å². The van der Waals surface area contributed by atoms with Gasteiger partial charge in [0.25, 0.3) is 0 Å². The van der Waals surface area contributed by atoms with Crippen LogP contribution in [0.4, 0.5) is 0 Å². The molecule has 0 saturated heterocycles. The van der Waals surface area contributed by atoms with Gasteiger partial charge in [-0.1, -0.05) is 0 Å². The normalized spacial score (nSPS) is 9.82. The van der Waals surface area contributed by atoms with E-state index in [2.05, 4.69) is 15.4 Å². The number of ketones is 3. The summed E-state index contributed by atoms with van der Waals surface area (Å²) in [5, 5.41) is 4.75. The smallest absolute Gasteiger partial charge is 0.231 e. The fourth-order valence-corrected chi connectivity index (χ4v) is 1.73. The first-order valence-corrected chi connectivity index (χ1v) is 19.8. The number of carbonyl (C=O) groups excluding carboxylic acids is 6. The second-order valence-corrected chi connectivity index (χ2v) is 16.5. The molecule has 0 aliphatic carbocycles. The van der Waals surface area contributed by atoms with Crippen molar-refractivity contribution < 1.29 is 62.4 Å². The summed E-state index contributed by atoms with van der Waals surface area (Å²) < 4.78 is 85.6. The molecule has 5 N–H and O–H groups in total. The molecule has 0 aliphatic heterocycles. The summed E-state index contributed by atoms with van der Waals surface area (Å²) in [6.45, 7) is 9.83. The Bertz CT molecular complexity index is 1300. The van der Waals surface area contributed by atoms with Crippen molar-refractivity contribution >= 4 is 75.0 Å². The second kappa shape index (κ2) is 31.1. The van der Waals surface area contributed by atoms with Gasteiger partial charge in [0, 0.05) is 40.3 Å². The summed E-state index contributed by atoms with van der Waals surface area (Å²) >= 11 is 0. The SMILES string of the molecule is CC(=O)CNC(C)=O.CC(=O)CNS(C)(=O)=O.CC(=O)NS(C)(=O)=O.CC(C)=O.CNC(C)=O.CNS(C)(=O)=O.CS(C)(=O)=O. The zero-order valence-electron chi connectivity index (χ0n) is 28.3. The predicted octanol–water partition coefficient (Wildman–Crippen LogP) is -2.91. The number of hydrogen-bond acceptors (Lipinski definition) is 14. The van der Waals surface area contributed by atoms with Crippen LogP contribution in [0.1, 0.15) is 48.5 Å². The fourth-order valence-electron chi connectivity index (χ4n) is 0.743. The summed E-state index contributed by atoms with van der Waals surface area (Å²) in [6.07, 6.45) is 5.36. The van der Waals surface area contributed by atoms with Crippen LogP contribution >= 0.6 is 0 Å². The molecule has 0 saturated carbocycles. The lowest BCUT2D eigenvalue weighted by Crippen LogP contribution is -2.26. The van der Waals surface area contributed by atoms with Crippen LogP contribution in [0.5, 0.6) is 0 Å². The molecule has 0 aromatic heterocycles. The molecule has 0 heterocycles. The maximum absolute atomic E-state index is 10.3. The average Bonchev–Trinajstić information content (AvgIpc) is 2.74. The van der Waals surface area contributed by atoms with Crippen LogP contribution < -0.4 is 24.8 Å². The highest BCUT2D eigenvalue weighted by atomic mass is 32.2. The van der Waals surface area contributed by atoms with Gasteiger partial charge < -0.3 is 15.4 Å². The van der Waals surface area contributed by atoms with E-state index in [9.17, 15) is 62.4 Å². The lowest BCUT2D eigenvalue weighted by atomic mass is 10.4. The number of carbonyl (C=O) groups is 6. The number of hydrogen-bond donors (Lipinski definition) is 5. The van der Waals surface area contributed by atoms with Crippen molar-refractivity contribution in [2.75, 3.05) is 58.5 Å². The molecule has 0 atom stereocenters. The second-order valence-electron chi connectivity index (χ2n) is 8.67. The molecule has 19 nitrogen and oxygen atoms in total. The van der Waals surface area contributed by atoms with E-state index in [1.54, 1.807) is 11.8 Å². The van der Waals surface area contributed by atoms with Gasteiger partial charge >= 0.3 is 0 Å². The first-order chi connectivity index (χ1) is 19.5. The van der Waals surface area contributed by atoms with Crippen molar-refractivity contribution in [1.82, 2.24) is 24.8 Å². The molecule has 45 heavy (non-hydrogen) atoms. The standard InChI is InChI=1S/C5H9NO2.C4H9NO3S.C3H7NO3S.C3H7NO.C3H6O.C2H7NO2S.C2H6O2S/c1-4(7)3-6-5(2)8;1-4(6)3-5-9(2,7)8;1-3(5)4-8(2,6)7;1-3(5)4-2;1-3(2)4;1-3-6(2,4)5;1-5(2,3)4/h3H2,1-2H3,(H,6,8);5H,3H2,1-2H3;1-2H3,(H,4,5);1-2H3,(H,4,5);1-2H3;3H,1-2H3;1-2H3. The van der Waals surface area contributed by atoms with Gasteiger partial charge in [-0.2, -0.15) is 0 Å². The summed E-state index contributed by atoms with van der Waals surface area (Å²) in [7, 11) is -9.12. The van der Waals surface area contributed by atoms with Crippen LogP contribution in [0.2, 0.25) is 0 Å². The minimum atomic E-state index is -3.32. The molecule has 0 spiro atoms. The highest BCUT2D eigenvalue weighted by Crippen LogP contribution is 1.72. The van der Waals surface area contributed by atoms with E-state index in [1.165, 1.54) is 48.6 Å². The molecular weight excluding hydrogens is 687 g/mol. The van der Waals surface area contributed by atoms with Crippen LogP contribution in [0.15, 0.2) is 0 Å². The van der Waals surface area contributed by atoms with Crippen molar-refractivity contribution in [3.63, 3.8) is 0 Å². The highest BCUT2D eigenvalue weighted by Gasteiger charge is 2.00. The van der Waals surface area contributed by atoms with E-state index in [4.69, 9.17) is 0 Å². The van der Waals surface area contributed by atoms with Crippen molar-refractivity contribution in [3.05, 3.63) is 0 Å². The average molecular weight is 738 g/mol. The largest absolute Gasteiger partial charge is 0.359 e. The van der Waals surface area contributed by atoms with Gasteiger partial charge in [0.2, 0.25) is 47.8 Å². The minimum absolute atomic E-state index is 0.00463. The van der Waals surface area contributed by atoms with Crippen molar-refractivity contribution in [3.8, 4) is 0 Å². The number of sulfone groups is 1. The Balaban J connectivity index is -0.0000000762. The molecule has 0 radical (unpaired) electrons. The van der Waals surface area contributed by atoms with Crippen molar-refractivity contribution in [2.45, 2.75) is 48.5 Å². The summed E-state index contributed by atoms with van der Waals surface area (Å²) in [4.78, 5) is 59.5. The third-order valence-corrected chi connectivity index (χ3v) is 4.29. The van der Waals surface area contributed by atoms with E-state index in [0.29, 0.717) is 0 Å². The van der Waals surface area contributed by atoms with Crippen LogP contribution in [-0.4, -0.2) is 127 Å². The van der Waals surface area contributed by atoms with Crippen LogP contribution in [0, 0.1) is 0 Å². The molecule has 0 fully saturated rings. The van der Waals surface area contributed by atoms with Gasteiger partial charge in [0.05, 0.1) is 31.9 Å². The molecule has 0 bridgehead atoms. The summed E-state index contributed by atoms with van der Waals surface area (Å²) in [6, 6.07) is 0. The van der Waals surface area contributed by atoms with Crippen molar-refractivity contribution in [1.29, 1.82) is 0 Å². The van der Waals surface area contributed by atoms with Crippen LogP contribution in [-0.2, 0) is 68.7 Å². The van der Waals surface area contributed by atoms with E-state index in [0.717, 1.165) is 38.2 Å². The third-order valence-electron chi connectivity index (χ3n) is 2.22.